The summed E-state index contributed by atoms with van der Waals surface area (Å²) in [5.41, 5.74) is 4.53. The Balaban J connectivity index is 1.89. The fraction of sp³-hybridized carbons (Fsp3) is 0.0952. The van der Waals surface area contributed by atoms with Crippen LogP contribution in [0.15, 0.2) is 79.0 Å². The van der Waals surface area contributed by atoms with Crippen molar-refractivity contribution in [3.63, 3.8) is 0 Å². The monoisotopic (exact) mass is 301 g/mol. The predicted octanol–water partition coefficient (Wildman–Crippen LogP) is 5.01. The molecule has 0 amide bonds. The second kappa shape index (κ2) is 7.41. The minimum absolute atomic E-state index is 0.831. The molecule has 1 heterocycles. The Morgan fingerprint density at radius 3 is 2.52 bits per heavy atom. The highest BCUT2D eigenvalue weighted by molar-refractivity contribution is 5.65. The Hall–Kier alpha value is -2.87. The molecule has 0 fully saturated rings. The van der Waals surface area contributed by atoms with Crippen LogP contribution in [-0.4, -0.2) is 12.1 Å². The van der Waals surface area contributed by atoms with E-state index in [0.29, 0.717) is 0 Å². The average Bonchev–Trinajstić information content (AvgIpc) is 2.63. The molecule has 2 heteroatoms. The van der Waals surface area contributed by atoms with Gasteiger partial charge in [-0.25, -0.2) is 0 Å². The Kier molecular flexibility index (Phi) is 4.85. The summed E-state index contributed by atoms with van der Waals surface area (Å²) in [6.07, 6.45) is 6.97. The van der Waals surface area contributed by atoms with Gasteiger partial charge in [-0.15, -0.1) is 0 Å². The number of benzene rings is 2. The first-order chi connectivity index (χ1) is 11.4. The average molecular weight is 301 g/mol. The molecular formula is C21H19NO. The van der Waals surface area contributed by atoms with Crippen molar-refractivity contribution in [2.45, 2.75) is 6.42 Å². The van der Waals surface area contributed by atoms with Gasteiger partial charge in [0.05, 0.1) is 12.8 Å². The second-order valence-electron chi connectivity index (χ2n) is 5.26. The van der Waals surface area contributed by atoms with Crippen molar-refractivity contribution in [2.75, 3.05) is 7.11 Å². The van der Waals surface area contributed by atoms with Gasteiger partial charge in [0.2, 0.25) is 0 Å². The van der Waals surface area contributed by atoms with Gasteiger partial charge in [0.15, 0.2) is 0 Å². The van der Waals surface area contributed by atoms with E-state index in [0.717, 1.165) is 23.4 Å². The van der Waals surface area contributed by atoms with E-state index in [1.54, 1.807) is 7.11 Å². The van der Waals surface area contributed by atoms with Gasteiger partial charge in [-0.2, -0.15) is 0 Å². The van der Waals surface area contributed by atoms with Crippen LogP contribution >= 0.6 is 0 Å². The number of methoxy groups -OCH3 is 1. The van der Waals surface area contributed by atoms with Gasteiger partial charge in [0.1, 0.15) is 5.75 Å². The molecule has 3 rings (SSSR count). The van der Waals surface area contributed by atoms with Crippen molar-refractivity contribution in [3.05, 3.63) is 90.1 Å². The molecule has 3 aromatic rings. The number of pyridine rings is 1. The highest BCUT2D eigenvalue weighted by Gasteiger charge is 2.06. The number of aromatic nitrogens is 1. The van der Waals surface area contributed by atoms with Crippen LogP contribution in [0.4, 0.5) is 0 Å². The molecule has 1 aromatic heterocycles. The third-order valence-corrected chi connectivity index (χ3v) is 3.70. The van der Waals surface area contributed by atoms with Crippen molar-refractivity contribution in [1.29, 1.82) is 0 Å². The summed E-state index contributed by atoms with van der Waals surface area (Å²) < 4.78 is 5.37. The highest BCUT2D eigenvalue weighted by atomic mass is 16.5. The number of hydrogen-bond donors (Lipinski definition) is 0. The summed E-state index contributed by atoms with van der Waals surface area (Å²) >= 11 is 0. The molecule has 0 saturated heterocycles. The molecule has 0 N–H and O–H groups in total. The van der Waals surface area contributed by atoms with Crippen LogP contribution in [0.25, 0.3) is 17.3 Å². The molecule has 0 aliphatic rings. The van der Waals surface area contributed by atoms with E-state index in [9.17, 15) is 0 Å². The molecule has 0 unspecified atom stereocenters. The number of rotatable bonds is 5. The molecule has 0 radical (unpaired) electrons. The number of ether oxygens (including phenoxy) is 1. The molecule has 0 spiro atoms. The van der Waals surface area contributed by atoms with E-state index in [1.165, 1.54) is 11.1 Å². The minimum atomic E-state index is 0.831. The van der Waals surface area contributed by atoms with Gasteiger partial charge in [-0.1, -0.05) is 48.6 Å². The third kappa shape index (κ3) is 3.86. The third-order valence-electron chi connectivity index (χ3n) is 3.70. The van der Waals surface area contributed by atoms with Crippen LogP contribution in [0.5, 0.6) is 5.75 Å². The molecular weight excluding hydrogens is 282 g/mol. The summed E-state index contributed by atoms with van der Waals surface area (Å²) in [5, 5.41) is 0. The van der Waals surface area contributed by atoms with Crippen LogP contribution in [0, 0.1) is 0 Å². The maximum absolute atomic E-state index is 5.37. The van der Waals surface area contributed by atoms with Crippen LogP contribution < -0.4 is 4.74 Å². The molecule has 2 aromatic carbocycles. The van der Waals surface area contributed by atoms with Crippen molar-refractivity contribution in [2.24, 2.45) is 0 Å². The zero-order valence-corrected chi connectivity index (χ0v) is 13.1. The fourth-order valence-corrected chi connectivity index (χ4v) is 2.52. The first-order valence-electron chi connectivity index (χ1n) is 7.67. The lowest BCUT2D eigenvalue weighted by atomic mass is 10.00. The largest absolute Gasteiger partial charge is 0.497 e. The maximum Gasteiger partial charge on any atom is 0.119 e. The lowest BCUT2D eigenvalue weighted by molar-refractivity contribution is 0.414. The van der Waals surface area contributed by atoms with Crippen LogP contribution in [0.1, 0.15) is 11.1 Å². The van der Waals surface area contributed by atoms with Crippen molar-refractivity contribution in [1.82, 2.24) is 4.98 Å². The van der Waals surface area contributed by atoms with Gasteiger partial charge in [-0.3, -0.25) is 4.98 Å². The lowest BCUT2D eigenvalue weighted by Crippen LogP contribution is -1.92. The quantitative estimate of drug-likeness (QED) is 0.660. The SMILES string of the molecule is COc1ccc(-c2ccccn2)c(C/C=C/c2ccccc2)c1. The molecule has 0 aliphatic heterocycles. The predicted molar refractivity (Wildman–Crippen MR) is 95.4 cm³/mol. The molecule has 114 valence electrons. The van der Waals surface area contributed by atoms with Crippen molar-refractivity contribution in [3.8, 4) is 17.0 Å². The summed E-state index contributed by atoms with van der Waals surface area (Å²) in [5.74, 6) is 0.868. The standard InChI is InChI=1S/C21H19NO/c1-23-19-13-14-20(21-12-5-6-15-22-21)18(16-19)11-7-10-17-8-3-2-4-9-17/h2-10,12-16H,11H2,1H3/b10-7+. The van der Waals surface area contributed by atoms with Gasteiger partial charge in [0.25, 0.3) is 0 Å². The Labute approximate surface area is 137 Å². The second-order valence-corrected chi connectivity index (χ2v) is 5.26. The van der Waals surface area contributed by atoms with Crippen LogP contribution in [-0.2, 0) is 6.42 Å². The smallest absolute Gasteiger partial charge is 0.119 e. The zero-order valence-electron chi connectivity index (χ0n) is 13.1. The van der Waals surface area contributed by atoms with Gasteiger partial charge >= 0.3 is 0 Å². The van der Waals surface area contributed by atoms with Crippen molar-refractivity contribution >= 4 is 6.08 Å². The van der Waals surface area contributed by atoms with Gasteiger partial charge in [-0.05, 0) is 47.9 Å². The Morgan fingerprint density at radius 2 is 1.78 bits per heavy atom. The number of nitrogens with zero attached hydrogens (tertiary/aromatic N) is 1. The molecule has 0 saturated carbocycles. The zero-order chi connectivity index (χ0) is 15.9. The Bertz CT molecular complexity index is 779. The highest BCUT2D eigenvalue weighted by Crippen LogP contribution is 2.26. The van der Waals surface area contributed by atoms with Crippen LogP contribution in [0.3, 0.4) is 0 Å². The normalized spacial score (nSPS) is 10.8. The van der Waals surface area contributed by atoms with Crippen LogP contribution in [0.2, 0.25) is 0 Å². The van der Waals surface area contributed by atoms with E-state index in [4.69, 9.17) is 4.74 Å². The van der Waals surface area contributed by atoms with E-state index in [-0.39, 0.29) is 0 Å². The van der Waals surface area contributed by atoms with E-state index in [1.807, 2.05) is 48.7 Å². The first kappa shape index (κ1) is 15.0. The molecule has 0 atom stereocenters. The van der Waals surface area contributed by atoms with E-state index in [2.05, 4.69) is 41.4 Å². The van der Waals surface area contributed by atoms with Gasteiger partial charge in [0, 0.05) is 11.8 Å². The fourth-order valence-electron chi connectivity index (χ4n) is 2.52. The van der Waals surface area contributed by atoms with Crippen molar-refractivity contribution < 1.29 is 4.74 Å². The summed E-state index contributed by atoms with van der Waals surface area (Å²) in [7, 11) is 1.69. The molecule has 0 aliphatic carbocycles. The molecule has 23 heavy (non-hydrogen) atoms. The summed E-state index contributed by atoms with van der Waals surface area (Å²) in [6.45, 7) is 0. The van der Waals surface area contributed by atoms with Gasteiger partial charge < -0.3 is 4.74 Å². The summed E-state index contributed by atoms with van der Waals surface area (Å²) in [4.78, 5) is 4.47. The summed E-state index contributed by atoms with van der Waals surface area (Å²) in [6, 6.07) is 22.4. The van der Waals surface area contributed by atoms with E-state index >= 15 is 0 Å². The molecule has 0 bridgehead atoms. The first-order valence-corrected chi connectivity index (χ1v) is 7.67. The number of hydrogen-bond acceptors (Lipinski definition) is 2. The molecule has 2 nitrogen and oxygen atoms in total. The number of allylic oxidation sites excluding steroid dienone is 1. The Morgan fingerprint density at radius 1 is 0.957 bits per heavy atom. The van der Waals surface area contributed by atoms with E-state index < -0.39 is 0 Å². The lowest BCUT2D eigenvalue weighted by Gasteiger charge is -2.09. The topological polar surface area (TPSA) is 22.1 Å². The minimum Gasteiger partial charge on any atom is -0.497 e. The maximum atomic E-state index is 5.37.